The number of halogens is 6. The molecule has 0 aromatic heterocycles. The predicted molar refractivity (Wildman–Crippen MR) is 375 cm³/mol. The van der Waals surface area contributed by atoms with Gasteiger partial charge in [-0.15, -0.1) is 58.8 Å². The summed E-state index contributed by atoms with van der Waals surface area (Å²) in [6.07, 6.45) is 20.0. The van der Waals surface area contributed by atoms with Crippen molar-refractivity contribution in [3.63, 3.8) is 0 Å². The van der Waals surface area contributed by atoms with Gasteiger partial charge in [0.05, 0.1) is 105 Å². The molecule has 534 valence electrons. The van der Waals surface area contributed by atoms with E-state index in [0.717, 1.165) is 144 Å². The number of likely N-dealkylation sites (N-methyl/N-ethyl adjacent to an activating group) is 1. The van der Waals surface area contributed by atoms with E-state index in [2.05, 4.69) is 32.9 Å². The summed E-state index contributed by atoms with van der Waals surface area (Å²) >= 11 is 24.6. The Bertz CT molecular complexity index is 2620. The number of hydrogen-bond donors (Lipinski definition) is 1. The number of benzene rings is 3. The summed E-state index contributed by atoms with van der Waals surface area (Å²) in [5.74, 6) is 3.86. The lowest BCUT2D eigenvalue weighted by Crippen LogP contribution is -2.46. The summed E-state index contributed by atoms with van der Waals surface area (Å²) in [5, 5.41) is 9.52. The average Bonchev–Trinajstić information content (AvgIpc) is 1.68. The van der Waals surface area contributed by atoms with Gasteiger partial charge in [0, 0.05) is 57.4 Å². The number of carbonyl (C=O) groups excluding carboxylic acids is 3. The first-order valence-corrected chi connectivity index (χ1v) is 35.4. The molecule has 19 nitrogen and oxygen atoms in total. The van der Waals surface area contributed by atoms with Gasteiger partial charge in [0.1, 0.15) is 18.1 Å². The molecule has 6 fully saturated rings. The number of alkyl halides is 4. The second kappa shape index (κ2) is 46.7. The molecular weight excluding hydrogens is 1340 g/mol. The highest BCUT2D eigenvalue weighted by Crippen LogP contribution is 2.35. The summed E-state index contributed by atoms with van der Waals surface area (Å²) in [6, 6.07) is 19.4. The van der Waals surface area contributed by atoms with Crippen LogP contribution in [-0.2, 0) is 57.3 Å². The Morgan fingerprint density at radius 2 is 0.787 bits per heavy atom. The topological polar surface area (TPSA) is 186 Å². The van der Waals surface area contributed by atoms with Crippen molar-refractivity contribution < 1.29 is 71.6 Å². The number of likely N-dealkylation sites (tertiary alicyclic amines) is 3. The Morgan fingerprint density at radius 1 is 0.468 bits per heavy atom. The van der Waals surface area contributed by atoms with Crippen molar-refractivity contribution in [2.45, 2.75) is 170 Å². The molecule has 3 aromatic rings. The van der Waals surface area contributed by atoms with Crippen LogP contribution >= 0.6 is 70.4 Å². The molecule has 1 N–H and O–H groups in total. The van der Waals surface area contributed by atoms with Crippen molar-refractivity contribution in [2.24, 2.45) is 0 Å². The maximum Gasteiger partial charge on any atom is 0.321 e. The van der Waals surface area contributed by atoms with Gasteiger partial charge < -0.3 is 57.2 Å². The molecule has 3 saturated carbocycles. The average molecular weight is 1440 g/mol. The molecule has 0 amide bonds. The summed E-state index contributed by atoms with van der Waals surface area (Å²) in [5.41, 5.74) is 3.55. The first kappa shape index (κ1) is 82.9. The van der Waals surface area contributed by atoms with E-state index in [0.29, 0.717) is 50.6 Å². The molecule has 0 unspecified atom stereocenters. The molecule has 3 aliphatic heterocycles. The highest BCUT2D eigenvalue weighted by molar-refractivity contribution is 6.67. The minimum Gasteiger partial charge on any atom is -0.493 e. The van der Waals surface area contributed by atoms with E-state index in [1.165, 1.54) is 61.6 Å². The zero-order valence-electron chi connectivity index (χ0n) is 56.6. The van der Waals surface area contributed by atoms with Gasteiger partial charge in [-0.2, -0.15) is 0 Å². The van der Waals surface area contributed by atoms with Gasteiger partial charge in [-0.25, -0.2) is 0 Å². The van der Waals surface area contributed by atoms with Crippen LogP contribution in [0.25, 0.3) is 0 Å². The Kier molecular flexibility index (Phi) is 41.2. The van der Waals surface area contributed by atoms with Gasteiger partial charge in [0.25, 0.3) is 0 Å². The number of aliphatic hydroxyl groups is 1. The molecular formula is C69H106Cl6N4O15. The van der Waals surface area contributed by atoms with Gasteiger partial charge in [0.15, 0.2) is 34.5 Å². The van der Waals surface area contributed by atoms with Crippen molar-refractivity contribution in [2.75, 3.05) is 139 Å². The first-order valence-electron chi connectivity index (χ1n) is 32.9. The highest BCUT2D eigenvalue weighted by atomic mass is 35.5. The van der Waals surface area contributed by atoms with E-state index < -0.39 is 5.24 Å². The normalized spacial score (nSPS) is 23.6. The molecule has 0 radical (unpaired) electrons. The molecule has 25 heteroatoms. The number of methoxy groups -OCH3 is 6. The van der Waals surface area contributed by atoms with Crippen molar-refractivity contribution in [3.05, 3.63) is 71.3 Å². The van der Waals surface area contributed by atoms with Gasteiger partial charge in [-0.05, 0) is 156 Å². The third-order valence-corrected chi connectivity index (χ3v) is 18.5. The van der Waals surface area contributed by atoms with E-state index in [-0.39, 0.29) is 72.0 Å². The fraction of sp³-hybridized carbons (Fsp3) is 0.696. The zero-order valence-corrected chi connectivity index (χ0v) is 61.2. The number of ether oxygens (including phenoxy) is 11. The predicted octanol–water partition coefficient (Wildman–Crippen LogP) is 11.7. The van der Waals surface area contributed by atoms with Crippen molar-refractivity contribution in [1.82, 2.24) is 19.6 Å². The van der Waals surface area contributed by atoms with Crippen LogP contribution in [0.5, 0.6) is 34.5 Å². The molecule has 9 atom stereocenters. The molecule has 3 heterocycles. The Hall–Kier alpha value is -3.51. The molecule has 3 aliphatic carbocycles. The van der Waals surface area contributed by atoms with E-state index >= 15 is 0 Å². The van der Waals surface area contributed by atoms with Gasteiger partial charge >= 0.3 is 11.9 Å². The number of esters is 2. The van der Waals surface area contributed by atoms with Gasteiger partial charge in [-0.1, -0.05) is 56.7 Å². The Labute approximate surface area is 590 Å². The quantitative estimate of drug-likeness (QED) is 0.0431. The number of nitrogens with zero attached hydrogens (tertiary/aromatic N) is 4. The van der Waals surface area contributed by atoms with Crippen molar-refractivity contribution in [1.29, 1.82) is 0 Å². The smallest absolute Gasteiger partial charge is 0.321 e. The van der Waals surface area contributed by atoms with Crippen LogP contribution in [0.1, 0.15) is 113 Å². The van der Waals surface area contributed by atoms with Crippen LogP contribution in [0.3, 0.4) is 0 Å². The van der Waals surface area contributed by atoms with Crippen LogP contribution in [0.15, 0.2) is 54.6 Å². The number of rotatable bonds is 27. The Balaban J connectivity index is 0.000000283. The van der Waals surface area contributed by atoms with Gasteiger partial charge in [-0.3, -0.25) is 34.0 Å². The van der Waals surface area contributed by atoms with Crippen LogP contribution in [-0.4, -0.2) is 236 Å². The number of hydrogen-bond acceptors (Lipinski definition) is 19. The summed E-state index contributed by atoms with van der Waals surface area (Å²) in [7, 11) is 13.7. The monoisotopic (exact) mass is 1440 g/mol. The minimum atomic E-state index is -0.508. The second-order valence-electron chi connectivity index (χ2n) is 24.3. The third-order valence-electron chi connectivity index (χ3n) is 17.7. The lowest BCUT2D eigenvalue weighted by molar-refractivity contribution is -0.149. The second-order valence-corrected chi connectivity index (χ2v) is 26.1. The van der Waals surface area contributed by atoms with E-state index in [4.69, 9.17) is 110 Å². The first-order chi connectivity index (χ1) is 45.0. The summed E-state index contributed by atoms with van der Waals surface area (Å²) < 4.78 is 62.2. The van der Waals surface area contributed by atoms with Crippen LogP contribution in [0, 0.1) is 0 Å². The molecule has 0 spiro atoms. The lowest BCUT2D eigenvalue weighted by atomic mass is 9.91. The minimum absolute atomic E-state index is 0. The number of β-amino-alcohol motifs (C(OH)–C–C–N with tert-alkyl or cyclic N) is 1. The standard InChI is InChI=1S/C24H38N2O5.C22H32ClNO5.C20H31NO4.C2H2Cl2O.CH2Cl2.ClH/c1-25(2)17-24(27)31-19-11-13-26(16-19)20-7-5-6-8-21(20)30-14-12-18-9-10-22(28-3)23(15-18)29-4;1-26-20-8-7-16(13-21(20)27-2)10-12-28-19-6-4-3-5-18(19)24-11-9-17(15-24)29-22(25)14-23;1-23-19-8-7-15(13-20(19)24-2)10-12-25-18-6-4-3-5-17(18)21-11-9-16(22)14-21;3-1-2(4)5;2-1-3;/h9-10,15,19-21H,5-8,11-14,16-17H2,1-4H3;7-8,13,17-19H,3-6,9-12,14-15H2,1-2H3;7-8,13,16-18,22H,3-6,9-12,14H2,1-2H3;1H2;1H2;1H/t19-,20-,21-;17-,18-,19-;16-,17-,18-;;;/m111.../s1. The van der Waals surface area contributed by atoms with E-state index in [1.54, 1.807) is 42.7 Å². The molecule has 94 heavy (non-hydrogen) atoms. The summed E-state index contributed by atoms with van der Waals surface area (Å²) in [6.45, 7) is 7.74. The van der Waals surface area contributed by atoms with Gasteiger partial charge in [0.2, 0.25) is 5.24 Å². The maximum atomic E-state index is 12.0. The van der Waals surface area contributed by atoms with Crippen LogP contribution in [0.4, 0.5) is 0 Å². The van der Waals surface area contributed by atoms with Crippen molar-refractivity contribution >= 4 is 87.6 Å². The summed E-state index contributed by atoms with van der Waals surface area (Å²) in [4.78, 5) is 42.1. The molecule has 3 saturated heterocycles. The van der Waals surface area contributed by atoms with Crippen LogP contribution < -0.4 is 28.4 Å². The molecule has 9 rings (SSSR count). The van der Waals surface area contributed by atoms with Crippen LogP contribution in [0.2, 0.25) is 0 Å². The largest absolute Gasteiger partial charge is 0.493 e. The fourth-order valence-electron chi connectivity index (χ4n) is 13.2. The molecule has 6 aliphatic rings. The number of carbonyl (C=O) groups is 3. The fourth-order valence-corrected chi connectivity index (χ4v) is 13.3. The van der Waals surface area contributed by atoms with Crippen molar-refractivity contribution in [3.8, 4) is 34.5 Å². The Morgan fingerprint density at radius 3 is 1.09 bits per heavy atom. The zero-order chi connectivity index (χ0) is 67.5. The number of aliphatic hydroxyl groups excluding tert-OH is 1. The maximum absolute atomic E-state index is 12.0. The SMILES string of the molecule is COc1ccc(CCO[C@@H]2CCCC[C@H]2N2CC[C@@H](O)C2)cc1OC.COc1ccc(CCO[C@@H]2CCCC[C@H]2N2CC[C@@H](OC(=O)CCl)C2)cc1OC.COc1ccc(CCO[C@@H]2CCCC[C@H]2N2CC[C@@H](OC(=O)CN(C)C)C2)cc1OC.Cl.ClCCl.O=C(Cl)CCl. The lowest BCUT2D eigenvalue weighted by Gasteiger charge is -2.37. The van der Waals surface area contributed by atoms with E-state index in [1.807, 2.05) is 55.4 Å². The molecule has 0 bridgehead atoms. The third kappa shape index (κ3) is 28.8. The van der Waals surface area contributed by atoms with E-state index in [9.17, 15) is 19.5 Å². The molecule has 3 aromatic carbocycles. The highest BCUT2D eigenvalue weighted by Gasteiger charge is 2.39.